The summed E-state index contributed by atoms with van der Waals surface area (Å²) in [5.41, 5.74) is -0.707. The van der Waals surface area contributed by atoms with E-state index in [9.17, 15) is 9.59 Å². The Hall–Kier alpha value is -2.80. The molecule has 4 atom stereocenters. The SMILES string of the molecule is O=C(NCc1ccco1)[C@@H]1[C@@H]2C=C[C@]3(CN(Cc4ccco4)C(=O)[C@H]13)O2. The summed E-state index contributed by atoms with van der Waals surface area (Å²) in [6.45, 7) is 1.11. The zero-order chi connectivity index (χ0) is 17.7. The van der Waals surface area contributed by atoms with Crippen LogP contribution in [0.4, 0.5) is 0 Å². The molecule has 2 aromatic rings. The lowest BCUT2D eigenvalue weighted by molar-refractivity contribution is -0.138. The average molecular weight is 354 g/mol. The van der Waals surface area contributed by atoms with Crippen molar-refractivity contribution >= 4 is 11.8 Å². The summed E-state index contributed by atoms with van der Waals surface area (Å²) < 4.78 is 16.7. The molecule has 5 rings (SSSR count). The number of nitrogens with one attached hydrogen (secondary N) is 1. The molecule has 0 unspecified atom stereocenters. The summed E-state index contributed by atoms with van der Waals surface area (Å²) in [4.78, 5) is 27.5. The van der Waals surface area contributed by atoms with Crippen LogP contribution in [-0.2, 0) is 27.4 Å². The van der Waals surface area contributed by atoms with E-state index < -0.39 is 17.4 Å². The number of hydrogen-bond acceptors (Lipinski definition) is 5. The number of hydrogen-bond donors (Lipinski definition) is 1. The highest BCUT2D eigenvalue weighted by Crippen LogP contribution is 2.52. The van der Waals surface area contributed by atoms with Crippen LogP contribution < -0.4 is 5.32 Å². The molecule has 0 radical (unpaired) electrons. The predicted octanol–water partition coefficient (Wildman–Crippen LogP) is 1.47. The highest BCUT2D eigenvalue weighted by Gasteiger charge is 2.66. The molecule has 134 valence electrons. The van der Waals surface area contributed by atoms with Gasteiger partial charge < -0.3 is 23.8 Å². The van der Waals surface area contributed by atoms with Crippen molar-refractivity contribution in [2.24, 2.45) is 11.8 Å². The number of fused-ring (bicyclic) bond motifs is 1. The monoisotopic (exact) mass is 354 g/mol. The molecule has 3 aliphatic rings. The Morgan fingerprint density at radius 3 is 2.73 bits per heavy atom. The molecule has 5 heterocycles. The first-order valence-corrected chi connectivity index (χ1v) is 8.65. The number of nitrogens with zero attached hydrogens (tertiary/aromatic N) is 1. The van der Waals surface area contributed by atoms with Crippen LogP contribution in [0.1, 0.15) is 11.5 Å². The topological polar surface area (TPSA) is 84.9 Å². The Morgan fingerprint density at radius 2 is 2.00 bits per heavy atom. The van der Waals surface area contributed by atoms with E-state index in [1.807, 2.05) is 18.2 Å². The van der Waals surface area contributed by atoms with Gasteiger partial charge in [0.1, 0.15) is 17.1 Å². The average Bonchev–Trinajstić information content (AvgIpc) is 3.43. The maximum Gasteiger partial charge on any atom is 0.230 e. The zero-order valence-corrected chi connectivity index (χ0v) is 14.0. The molecule has 2 aromatic heterocycles. The third-order valence-corrected chi connectivity index (χ3v) is 5.43. The molecule has 1 spiro atoms. The highest BCUT2D eigenvalue weighted by molar-refractivity contribution is 5.92. The molecule has 0 saturated carbocycles. The van der Waals surface area contributed by atoms with Gasteiger partial charge in [0.2, 0.25) is 11.8 Å². The minimum absolute atomic E-state index is 0.0635. The molecule has 2 fully saturated rings. The van der Waals surface area contributed by atoms with E-state index in [2.05, 4.69) is 5.32 Å². The molecule has 7 heteroatoms. The number of carbonyl (C=O) groups is 2. The van der Waals surface area contributed by atoms with Gasteiger partial charge in [0.05, 0.1) is 50.1 Å². The fourth-order valence-electron chi connectivity index (χ4n) is 4.31. The van der Waals surface area contributed by atoms with Crippen LogP contribution >= 0.6 is 0 Å². The van der Waals surface area contributed by atoms with Crippen molar-refractivity contribution in [3.63, 3.8) is 0 Å². The third kappa shape index (κ3) is 2.24. The van der Waals surface area contributed by atoms with Crippen molar-refractivity contribution in [2.75, 3.05) is 6.54 Å². The van der Waals surface area contributed by atoms with Crippen molar-refractivity contribution in [3.05, 3.63) is 60.5 Å². The Labute approximate surface area is 149 Å². The smallest absolute Gasteiger partial charge is 0.230 e. The first-order chi connectivity index (χ1) is 12.7. The van der Waals surface area contributed by atoms with Gasteiger partial charge in [-0.15, -0.1) is 0 Å². The molecule has 2 bridgehead atoms. The number of furan rings is 2. The highest BCUT2D eigenvalue weighted by atomic mass is 16.5. The van der Waals surface area contributed by atoms with E-state index in [4.69, 9.17) is 13.6 Å². The minimum atomic E-state index is -0.707. The van der Waals surface area contributed by atoms with Gasteiger partial charge in [-0.3, -0.25) is 9.59 Å². The van der Waals surface area contributed by atoms with Crippen LogP contribution in [0.15, 0.2) is 57.8 Å². The van der Waals surface area contributed by atoms with E-state index in [-0.39, 0.29) is 17.9 Å². The summed E-state index contributed by atoms with van der Waals surface area (Å²) >= 11 is 0. The standard InChI is InChI=1S/C19H18N2O5/c22-17(20-9-12-3-1-7-24-12)15-14-5-6-19(26-14)11-21(18(23)16(15)19)10-13-4-2-8-25-13/h1-8,14-16H,9-11H2,(H,20,22)/t14-,15+,16-,19+/m0/s1. The quantitative estimate of drug-likeness (QED) is 0.822. The van der Waals surface area contributed by atoms with Crippen LogP contribution in [0.5, 0.6) is 0 Å². The minimum Gasteiger partial charge on any atom is -0.467 e. The molecule has 0 aliphatic carbocycles. The van der Waals surface area contributed by atoms with Crippen LogP contribution in [0, 0.1) is 11.8 Å². The molecule has 3 aliphatic heterocycles. The number of rotatable bonds is 5. The van der Waals surface area contributed by atoms with Crippen LogP contribution in [0.2, 0.25) is 0 Å². The van der Waals surface area contributed by atoms with Gasteiger partial charge in [-0.2, -0.15) is 0 Å². The van der Waals surface area contributed by atoms with Gasteiger partial charge in [-0.25, -0.2) is 0 Å². The van der Waals surface area contributed by atoms with E-state index in [1.165, 1.54) is 0 Å². The predicted molar refractivity (Wildman–Crippen MR) is 88.4 cm³/mol. The zero-order valence-electron chi connectivity index (χ0n) is 14.0. The summed E-state index contributed by atoms with van der Waals surface area (Å²) in [7, 11) is 0. The van der Waals surface area contributed by atoms with Crippen molar-refractivity contribution in [1.29, 1.82) is 0 Å². The normalized spacial score (nSPS) is 31.6. The van der Waals surface area contributed by atoms with Gasteiger partial charge in [-0.05, 0) is 24.3 Å². The summed E-state index contributed by atoms with van der Waals surface area (Å²) in [6, 6.07) is 7.19. The fourth-order valence-corrected chi connectivity index (χ4v) is 4.31. The Morgan fingerprint density at radius 1 is 1.23 bits per heavy atom. The first kappa shape index (κ1) is 15.5. The Kier molecular flexibility index (Phi) is 3.33. The van der Waals surface area contributed by atoms with Gasteiger partial charge in [0, 0.05) is 0 Å². The third-order valence-electron chi connectivity index (χ3n) is 5.43. The Balaban J connectivity index is 1.35. The van der Waals surface area contributed by atoms with Gasteiger partial charge >= 0.3 is 0 Å². The van der Waals surface area contributed by atoms with Gasteiger partial charge in [0.15, 0.2) is 0 Å². The molecule has 26 heavy (non-hydrogen) atoms. The summed E-state index contributed by atoms with van der Waals surface area (Å²) in [6.07, 6.45) is 6.64. The molecular formula is C19H18N2O5. The molecule has 1 N–H and O–H groups in total. The molecule has 2 saturated heterocycles. The number of ether oxygens (including phenoxy) is 1. The summed E-state index contributed by atoms with van der Waals surface area (Å²) in [5.74, 6) is 0.118. The maximum absolute atomic E-state index is 13.0. The van der Waals surface area contributed by atoms with Crippen molar-refractivity contribution in [1.82, 2.24) is 10.2 Å². The van der Waals surface area contributed by atoms with Crippen LogP contribution in [0.3, 0.4) is 0 Å². The van der Waals surface area contributed by atoms with Crippen LogP contribution in [-0.4, -0.2) is 35.0 Å². The lowest BCUT2D eigenvalue weighted by Crippen LogP contribution is -2.43. The van der Waals surface area contributed by atoms with E-state index in [0.717, 1.165) is 0 Å². The Bertz CT molecular complexity index is 857. The largest absolute Gasteiger partial charge is 0.467 e. The van der Waals surface area contributed by atoms with E-state index in [1.54, 1.807) is 35.6 Å². The number of carbonyl (C=O) groups excluding carboxylic acids is 2. The molecular weight excluding hydrogens is 336 g/mol. The lowest BCUT2D eigenvalue weighted by atomic mass is 9.77. The molecule has 0 aromatic carbocycles. The molecule has 2 amide bonds. The van der Waals surface area contributed by atoms with Crippen molar-refractivity contribution in [3.8, 4) is 0 Å². The molecule has 7 nitrogen and oxygen atoms in total. The number of amides is 2. The maximum atomic E-state index is 13.0. The second kappa shape index (κ2) is 5.60. The first-order valence-electron chi connectivity index (χ1n) is 8.65. The fraction of sp³-hybridized carbons (Fsp3) is 0.368. The van der Waals surface area contributed by atoms with E-state index >= 15 is 0 Å². The lowest BCUT2D eigenvalue weighted by Gasteiger charge is -2.23. The summed E-state index contributed by atoms with van der Waals surface area (Å²) in [5, 5.41) is 2.87. The van der Waals surface area contributed by atoms with Gasteiger partial charge in [-0.1, -0.05) is 12.2 Å². The number of likely N-dealkylation sites (tertiary alicyclic amines) is 1. The van der Waals surface area contributed by atoms with Crippen LogP contribution in [0.25, 0.3) is 0 Å². The van der Waals surface area contributed by atoms with Gasteiger partial charge in [0.25, 0.3) is 0 Å². The van der Waals surface area contributed by atoms with Crippen molar-refractivity contribution < 1.29 is 23.2 Å². The second-order valence-corrected chi connectivity index (χ2v) is 6.97. The van der Waals surface area contributed by atoms with E-state index in [0.29, 0.717) is 31.2 Å². The second-order valence-electron chi connectivity index (χ2n) is 6.97. The van der Waals surface area contributed by atoms with Crippen molar-refractivity contribution in [2.45, 2.75) is 24.8 Å².